The summed E-state index contributed by atoms with van der Waals surface area (Å²) in [6.07, 6.45) is -4.33. The third-order valence-corrected chi connectivity index (χ3v) is 8.55. The summed E-state index contributed by atoms with van der Waals surface area (Å²) in [4.78, 5) is 61.1. The average molecular weight is 754 g/mol. The van der Waals surface area contributed by atoms with Crippen molar-refractivity contribution in [3.05, 3.63) is 61.8 Å². The number of rotatable bonds is 7. The zero-order valence-electron chi connectivity index (χ0n) is 27.5. The summed E-state index contributed by atoms with van der Waals surface area (Å²) in [7, 11) is 0. The highest BCUT2D eigenvalue weighted by Crippen LogP contribution is 2.32. The Kier molecular flexibility index (Phi) is 12.0. The summed E-state index contributed by atoms with van der Waals surface area (Å²) in [6.45, 7) is -0.946. The van der Waals surface area contributed by atoms with Crippen LogP contribution >= 0.6 is 0 Å². The number of fused-ring (bicyclic) bond motifs is 1. The van der Waals surface area contributed by atoms with Gasteiger partial charge in [0.05, 0.1) is 38.6 Å². The first-order chi connectivity index (χ1) is 25.2. The van der Waals surface area contributed by atoms with Gasteiger partial charge in [0.15, 0.2) is 29.3 Å². The van der Waals surface area contributed by atoms with Crippen molar-refractivity contribution in [3.8, 4) is 0 Å². The molecule has 0 saturated carbocycles. The lowest BCUT2D eigenvalue weighted by molar-refractivity contribution is -0.0550. The Hall–Kier alpha value is -5.09. The number of aromatic nitrogens is 8. The van der Waals surface area contributed by atoms with E-state index >= 15 is 0 Å². The maximum Gasteiger partial charge on any atom is 0.330 e. The minimum atomic E-state index is -1.35. The second kappa shape index (κ2) is 16.3. The molecule has 25 heteroatoms. The second-order valence-corrected chi connectivity index (χ2v) is 12.0. The maximum absolute atomic E-state index is 11.6. The molecule has 7 rings (SSSR count). The molecule has 7 heterocycles. The van der Waals surface area contributed by atoms with Gasteiger partial charge in [0.1, 0.15) is 48.7 Å². The smallest absolute Gasteiger partial charge is 0.330 e. The van der Waals surface area contributed by atoms with E-state index in [9.17, 15) is 39.6 Å². The lowest BCUT2D eigenvalue weighted by atomic mass is 10.1. The number of nitrogens with two attached hydrogens (primary N) is 3. The molecule has 0 spiro atoms. The Labute approximate surface area is 295 Å². The number of nitrogens with zero attached hydrogens (tertiary/aromatic N) is 6. The Morgan fingerprint density at radius 3 is 1.92 bits per heavy atom. The zero-order valence-corrected chi connectivity index (χ0v) is 27.5. The molecule has 0 bridgehead atoms. The van der Waals surface area contributed by atoms with Crippen molar-refractivity contribution in [2.45, 2.75) is 74.3 Å². The third-order valence-electron chi connectivity index (χ3n) is 8.55. The molecule has 3 fully saturated rings. The first-order valence-corrected chi connectivity index (χ1v) is 15.9. The van der Waals surface area contributed by atoms with Crippen LogP contribution in [0.3, 0.4) is 0 Å². The van der Waals surface area contributed by atoms with Crippen LogP contribution < -0.4 is 34.0 Å². The molecule has 10 atom stereocenters. The van der Waals surface area contributed by atoms with Gasteiger partial charge in [0, 0.05) is 12.3 Å². The van der Waals surface area contributed by atoms with Gasteiger partial charge >= 0.3 is 5.69 Å². The van der Waals surface area contributed by atoms with Crippen molar-refractivity contribution < 1.29 is 54.8 Å². The number of nitrogen functional groups attached to an aromatic ring is 2. The van der Waals surface area contributed by atoms with Gasteiger partial charge in [-0.3, -0.25) is 38.1 Å². The fraction of sp³-hybridized carbons (Fsp3) is 0.536. The summed E-state index contributed by atoms with van der Waals surface area (Å²) in [6, 6.07) is 1.09. The van der Waals surface area contributed by atoms with Gasteiger partial charge in [-0.15, -0.1) is 0 Å². The van der Waals surface area contributed by atoms with E-state index < -0.39 is 79.4 Å². The largest absolute Gasteiger partial charge is 0.394 e. The summed E-state index contributed by atoms with van der Waals surface area (Å²) >= 11 is 0. The maximum atomic E-state index is 11.6. The predicted octanol–water partition coefficient (Wildman–Crippen LogP) is -6.30. The number of amides is 1. The standard InChI is InChI=1S/C10H13N5O3.C9H14N4O5.C9H12N2O6/c11-10-13-8-7(9(17)14-10)12-4-15(8)6-2-1-5(3-16)18-6;10-7-4(8(11)17)12-2-13(7)9-6(16)5(15)3(1-14)18-9;12-3-4-6(14)7(15)8(17-4)11-2-1-5(13)10-9(11)16/h4-6,16H,1-3H2,(H3,11,13,14,17);2-3,5-6,9,14-16H,1,10H2,(H2,11,17);1-2,4,6-8,12,14-15H,3H2,(H,10,13,16)/t5-,6+;3-,5-,6-,9-;4-,6-,7-,8-/m011/s1. The van der Waals surface area contributed by atoms with E-state index in [-0.39, 0.29) is 47.5 Å². The van der Waals surface area contributed by atoms with Crippen molar-refractivity contribution in [2.24, 2.45) is 5.73 Å². The number of H-pyrrole nitrogens is 2. The van der Waals surface area contributed by atoms with Crippen LogP contribution in [0, 0.1) is 0 Å². The lowest BCUT2D eigenvalue weighted by Crippen LogP contribution is -2.37. The first kappa shape index (κ1) is 39.1. The molecule has 0 unspecified atom stereocenters. The van der Waals surface area contributed by atoms with Gasteiger partial charge in [0.25, 0.3) is 17.0 Å². The van der Waals surface area contributed by atoms with Gasteiger partial charge in [-0.2, -0.15) is 4.98 Å². The molecule has 290 valence electrons. The molecule has 4 aromatic rings. The number of hydrogen-bond donors (Lipinski definition) is 12. The zero-order chi connectivity index (χ0) is 38.7. The number of hydrogen-bond acceptors (Lipinski definition) is 19. The quantitative estimate of drug-likeness (QED) is 0.0835. The number of carbonyl (C=O) groups excluding carboxylic acids is 1. The van der Waals surface area contributed by atoms with Crippen molar-refractivity contribution in [2.75, 3.05) is 31.3 Å². The number of primary amides is 1. The molecule has 0 aromatic carbocycles. The molecule has 1 amide bonds. The van der Waals surface area contributed by atoms with Crippen LogP contribution in [0.1, 0.15) is 42.0 Å². The number of anilines is 2. The molecule has 15 N–H and O–H groups in total. The molecule has 53 heavy (non-hydrogen) atoms. The Morgan fingerprint density at radius 2 is 1.42 bits per heavy atom. The molecule has 3 aliphatic heterocycles. The summed E-state index contributed by atoms with van der Waals surface area (Å²) in [5, 5.41) is 65.4. The van der Waals surface area contributed by atoms with E-state index in [1.165, 1.54) is 17.2 Å². The monoisotopic (exact) mass is 753 g/mol. The molecule has 25 nitrogen and oxygen atoms in total. The van der Waals surface area contributed by atoms with Crippen molar-refractivity contribution in [1.29, 1.82) is 0 Å². The number of imidazole rings is 2. The number of aliphatic hydroxyl groups is 7. The minimum absolute atomic E-state index is 0.0146. The van der Waals surface area contributed by atoms with E-state index in [2.05, 4.69) is 19.9 Å². The van der Waals surface area contributed by atoms with E-state index in [1.807, 2.05) is 4.98 Å². The number of nitrogens with one attached hydrogen (secondary N) is 2. The van der Waals surface area contributed by atoms with Crippen LogP contribution in [-0.2, 0) is 14.2 Å². The highest BCUT2D eigenvalue weighted by atomic mass is 16.6. The molecular formula is C28H39N11O14. The van der Waals surface area contributed by atoms with Crippen LogP contribution in [-0.4, -0.2) is 143 Å². The van der Waals surface area contributed by atoms with E-state index in [4.69, 9.17) is 46.7 Å². The number of ether oxygens (including phenoxy) is 3. The highest BCUT2D eigenvalue weighted by Gasteiger charge is 2.45. The van der Waals surface area contributed by atoms with E-state index in [0.29, 0.717) is 5.65 Å². The van der Waals surface area contributed by atoms with E-state index in [0.717, 1.165) is 29.7 Å². The van der Waals surface area contributed by atoms with Crippen LogP contribution in [0.2, 0.25) is 0 Å². The van der Waals surface area contributed by atoms with Crippen molar-refractivity contribution in [1.82, 2.24) is 38.6 Å². The van der Waals surface area contributed by atoms with Crippen molar-refractivity contribution >= 4 is 28.8 Å². The van der Waals surface area contributed by atoms with Gasteiger partial charge in [-0.25, -0.2) is 14.8 Å². The topological polar surface area (TPSA) is 401 Å². The third kappa shape index (κ3) is 7.98. The summed E-state index contributed by atoms with van der Waals surface area (Å²) < 4.78 is 19.8. The van der Waals surface area contributed by atoms with Gasteiger partial charge < -0.3 is 67.2 Å². The molecule has 3 aliphatic rings. The van der Waals surface area contributed by atoms with Crippen LogP contribution in [0.5, 0.6) is 0 Å². The minimum Gasteiger partial charge on any atom is -0.394 e. The Morgan fingerprint density at radius 1 is 0.811 bits per heavy atom. The SMILES string of the molecule is NC(=O)c1ncn([C@@H]2O[C@H](CO)[C@@H](O)[C@H]2O)c1N.Nc1nc2c(ncn2[C@H]2CC[C@@H](CO)O2)c(=O)[nH]1.O=c1ccn([C@@H]2O[C@H](CO)[C@@H](O)[C@H]2O)c(=O)[nH]1. The molecule has 4 aromatic heterocycles. The second-order valence-electron chi connectivity index (χ2n) is 12.0. The number of aliphatic hydroxyl groups excluding tert-OH is 7. The Bertz CT molecular complexity index is 2060. The molecular weight excluding hydrogens is 714 g/mol. The predicted molar refractivity (Wildman–Crippen MR) is 175 cm³/mol. The normalized spacial score (nSPS) is 29.4. The average Bonchev–Trinajstić information content (AvgIpc) is 3.95. The van der Waals surface area contributed by atoms with Gasteiger partial charge in [-0.05, 0) is 12.8 Å². The number of aromatic amines is 2. The number of carbonyl (C=O) groups is 1. The van der Waals surface area contributed by atoms with E-state index in [1.54, 1.807) is 4.57 Å². The Balaban J connectivity index is 0.000000153. The van der Waals surface area contributed by atoms with Crippen LogP contribution in [0.4, 0.5) is 11.8 Å². The van der Waals surface area contributed by atoms with Gasteiger partial charge in [0.2, 0.25) is 5.95 Å². The van der Waals surface area contributed by atoms with Crippen LogP contribution in [0.25, 0.3) is 11.2 Å². The summed E-state index contributed by atoms with van der Waals surface area (Å²) in [5.41, 5.74) is 15.0. The fourth-order valence-electron chi connectivity index (χ4n) is 5.79. The lowest BCUT2D eigenvalue weighted by Gasteiger charge is -2.17. The fourth-order valence-corrected chi connectivity index (χ4v) is 5.79. The molecule has 3 saturated heterocycles. The van der Waals surface area contributed by atoms with Crippen LogP contribution in [0.15, 0.2) is 39.3 Å². The summed E-state index contributed by atoms with van der Waals surface area (Å²) in [5.74, 6) is -0.832. The molecule has 0 radical (unpaired) electrons. The first-order valence-electron chi connectivity index (χ1n) is 15.9. The highest BCUT2D eigenvalue weighted by molar-refractivity contribution is 5.95. The molecule has 0 aliphatic carbocycles. The van der Waals surface area contributed by atoms with Crippen molar-refractivity contribution in [3.63, 3.8) is 0 Å². The van der Waals surface area contributed by atoms with Gasteiger partial charge in [-0.1, -0.05) is 0 Å².